The number of fused-ring (bicyclic) bond motifs is 1. The van der Waals surface area contributed by atoms with Crippen molar-refractivity contribution < 1.29 is 14.6 Å². The maximum absolute atomic E-state index is 11.3. The molecule has 2 rings (SSSR count). The number of carboxylic acid groups (broad SMARTS) is 1. The van der Waals surface area contributed by atoms with E-state index in [9.17, 15) is 9.90 Å². The lowest BCUT2D eigenvalue weighted by atomic mass is 9.93. The van der Waals surface area contributed by atoms with Crippen LogP contribution in [0.5, 0.6) is 5.75 Å². The predicted molar refractivity (Wildman–Crippen MR) is 76.5 cm³/mol. The van der Waals surface area contributed by atoms with Crippen molar-refractivity contribution in [1.29, 1.82) is 0 Å². The Labute approximate surface area is 121 Å². The summed E-state index contributed by atoms with van der Waals surface area (Å²) in [5.41, 5.74) is 7.60. The van der Waals surface area contributed by atoms with Gasteiger partial charge in [0.25, 0.3) is 0 Å². The number of rotatable bonds is 6. The Bertz CT molecular complexity index is 476. The Balaban J connectivity index is 2.19. The second-order valence-electron chi connectivity index (χ2n) is 4.82. The number of ether oxygens (including phenoxy) is 1. The van der Waals surface area contributed by atoms with Crippen LogP contribution in [0.1, 0.15) is 24.0 Å². The summed E-state index contributed by atoms with van der Waals surface area (Å²) >= 11 is 3.47. The number of carboxylic acids is 1. The Morgan fingerprint density at radius 2 is 2.32 bits per heavy atom. The maximum atomic E-state index is 11.3. The summed E-state index contributed by atoms with van der Waals surface area (Å²) in [4.78, 5) is 11.3. The van der Waals surface area contributed by atoms with Crippen molar-refractivity contribution in [2.45, 2.75) is 25.7 Å². The molecule has 1 unspecified atom stereocenters. The largest absolute Gasteiger partial charge is 0.493 e. The third kappa shape index (κ3) is 3.48. The molecular formula is C14H18BrNO3. The quantitative estimate of drug-likeness (QED) is 0.841. The van der Waals surface area contributed by atoms with Crippen LogP contribution >= 0.6 is 15.9 Å². The van der Waals surface area contributed by atoms with Crippen LogP contribution in [0, 0.1) is 5.92 Å². The van der Waals surface area contributed by atoms with E-state index in [1.165, 1.54) is 0 Å². The minimum absolute atomic E-state index is 0.397. The molecule has 1 heterocycles. The lowest BCUT2D eigenvalue weighted by Gasteiger charge is -2.14. The molecule has 0 amide bonds. The van der Waals surface area contributed by atoms with Gasteiger partial charge in [-0.1, -0.05) is 15.9 Å². The molecule has 0 aromatic heterocycles. The summed E-state index contributed by atoms with van der Waals surface area (Å²) in [7, 11) is 0. The highest BCUT2D eigenvalue weighted by atomic mass is 79.9. The third-order valence-electron chi connectivity index (χ3n) is 3.40. The first kappa shape index (κ1) is 14.3. The zero-order valence-corrected chi connectivity index (χ0v) is 12.3. The SMILES string of the molecule is NCCCC(Cc1cc(Br)cc2c1OCC2)C(=O)O. The topological polar surface area (TPSA) is 72.5 Å². The predicted octanol–water partition coefficient (Wildman–Crippen LogP) is 2.37. The Morgan fingerprint density at radius 3 is 3.00 bits per heavy atom. The average molecular weight is 328 g/mol. The second-order valence-corrected chi connectivity index (χ2v) is 5.74. The van der Waals surface area contributed by atoms with Crippen LogP contribution in [0.2, 0.25) is 0 Å². The van der Waals surface area contributed by atoms with E-state index in [4.69, 9.17) is 10.5 Å². The van der Waals surface area contributed by atoms with E-state index in [1.807, 2.05) is 12.1 Å². The van der Waals surface area contributed by atoms with Gasteiger partial charge >= 0.3 is 5.97 Å². The number of benzene rings is 1. The van der Waals surface area contributed by atoms with E-state index < -0.39 is 11.9 Å². The Kier molecular flexibility index (Phi) is 4.82. The molecule has 0 radical (unpaired) electrons. The molecule has 0 spiro atoms. The fourth-order valence-electron chi connectivity index (χ4n) is 2.44. The molecule has 5 heteroatoms. The zero-order chi connectivity index (χ0) is 13.8. The van der Waals surface area contributed by atoms with Gasteiger partial charge in [-0.3, -0.25) is 4.79 Å². The van der Waals surface area contributed by atoms with Crippen LogP contribution in [-0.2, 0) is 17.6 Å². The van der Waals surface area contributed by atoms with Crippen molar-refractivity contribution >= 4 is 21.9 Å². The lowest BCUT2D eigenvalue weighted by Crippen LogP contribution is -2.18. The van der Waals surface area contributed by atoms with Gasteiger partial charge in [-0.05, 0) is 49.1 Å². The Hall–Kier alpha value is -1.07. The fourth-order valence-corrected chi connectivity index (χ4v) is 2.99. The van der Waals surface area contributed by atoms with E-state index in [0.29, 0.717) is 26.0 Å². The number of hydrogen-bond donors (Lipinski definition) is 2. The molecule has 0 fully saturated rings. The highest BCUT2D eigenvalue weighted by Crippen LogP contribution is 2.34. The van der Waals surface area contributed by atoms with Crippen molar-refractivity contribution in [3.8, 4) is 5.75 Å². The number of hydrogen-bond acceptors (Lipinski definition) is 3. The van der Waals surface area contributed by atoms with Gasteiger partial charge in [0, 0.05) is 10.9 Å². The summed E-state index contributed by atoms with van der Waals surface area (Å²) in [6, 6.07) is 4.00. The number of nitrogens with two attached hydrogens (primary N) is 1. The molecule has 1 aliphatic heterocycles. The van der Waals surface area contributed by atoms with E-state index in [2.05, 4.69) is 15.9 Å². The zero-order valence-electron chi connectivity index (χ0n) is 10.7. The van der Waals surface area contributed by atoms with Crippen LogP contribution < -0.4 is 10.5 Å². The number of carbonyl (C=O) groups is 1. The van der Waals surface area contributed by atoms with Crippen LogP contribution in [0.4, 0.5) is 0 Å². The van der Waals surface area contributed by atoms with E-state index in [0.717, 1.165) is 34.2 Å². The minimum Gasteiger partial charge on any atom is -0.493 e. The van der Waals surface area contributed by atoms with Gasteiger partial charge in [0.15, 0.2) is 0 Å². The highest BCUT2D eigenvalue weighted by Gasteiger charge is 2.23. The molecule has 4 nitrogen and oxygen atoms in total. The van der Waals surface area contributed by atoms with Crippen molar-refractivity contribution in [3.63, 3.8) is 0 Å². The second kappa shape index (κ2) is 6.39. The molecule has 0 saturated heterocycles. The van der Waals surface area contributed by atoms with Gasteiger partial charge in [0.2, 0.25) is 0 Å². The molecule has 0 aliphatic carbocycles. The van der Waals surface area contributed by atoms with Crippen molar-refractivity contribution in [1.82, 2.24) is 0 Å². The summed E-state index contributed by atoms with van der Waals surface area (Å²) in [6.45, 7) is 1.20. The van der Waals surface area contributed by atoms with Crippen molar-refractivity contribution in [2.24, 2.45) is 11.7 Å². The van der Waals surface area contributed by atoms with Gasteiger partial charge in [-0.25, -0.2) is 0 Å². The monoisotopic (exact) mass is 327 g/mol. The first-order valence-electron chi connectivity index (χ1n) is 6.48. The van der Waals surface area contributed by atoms with Crippen LogP contribution in [0.25, 0.3) is 0 Å². The van der Waals surface area contributed by atoms with Gasteiger partial charge in [0.1, 0.15) is 5.75 Å². The van der Waals surface area contributed by atoms with Gasteiger partial charge in [-0.15, -0.1) is 0 Å². The molecule has 1 aliphatic rings. The van der Waals surface area contributed by atoms with Crippen LogP contribution in [0.3, 0.4) is 0 Å². The molecule has 1 aromatic rings. The van der Waals surface area contributed by atoms with Gasteiger partial charge in [-0.2, -0.15) is 0 Å². The molecule has 104 valence electrons. The highest BCUT2D eigenvalue weighted by molar-refractivity contribution is 9.10. The standard InChI is InChI=1S/C14H18BrNO3/c15-12-7-9-3-5-19-13(9)11(8-12)6-10(14(17)18)2-1-4-16/h7-8,10H,1-6,16H2,(H,17,18). The smallest absolute Gasteiger partial charge is 0.306 e. The van der Waals surface area contributed by atoms with Crippen LogP contribution in [0.15, 0.2) is 16.6 Å². The summed E-state index contributed by atoms with van der Waals surface area (Å²) < 4.78 is 6.61. The van der Waals surface area contributed by atoms with E-state index in [1.54, 1.807) is 0 Å². The van der Waals surface area contributed by atoms with Crippen molar-refractivity contribution in [2.75, 3.05) is 13.2 Å². The Morgan fingerprint density at radius 1 is 1.53 bits per heavy atom. The lowest BCUT2D eigenvalue weighted by molar-refractivity contribution is -0.141. The average Bonchev–Trinajstić information content (AvgIpc) is 2.81. The molecular weight excluding hydrogens is 310 g/mol. The van der Waals surface area contributed by atoms with Crippen LogP contribution in [-0.4, -0.2) is 24.2 Å². The molecule has 1 atom stereocenters. The van der Waals surface area contributed by atoms with Crippen molar-refractivity contribution in [3.05, 3.63) is 27.7 Å². The van der Waals surface area contributed by atoms with Gasteiger partial charge < -0.3 is 15.6 Å². The molecule has 0 bridgehead atoms. The third-order valence-corrected chi connectivity index (χ3v) is 3.86. The summed E-state index contributed by atoms with van der Waals surface area (Å²) in [6.07, 6.45) is 2.72. The minimum atomic E-state index is -0.764. The molecule has 0 saturated carbocycles. The fraction of sp³-hybridized carbons (Fsp3) is 0.500. The number of halogens is 1. The van der Waals surface area contributed by atoms with Gasteiger partial charge in [0.05, 0.1) is 12.5 Å². The summed E-state index contributed by atoms with van der Waals surface area (Å²) in [5, 5.41) is 9.29. The normalized spacial score (nSPS) is 14.8. The summed E-state index contributed by atoms with van der Waals surface area (Å²) in [5.74, 6) is -0.284. The first-order valence-corrected chi connectivity index (χ1v) is 7.28. The molecule has 1 aromatic carbocycles. The maximum Gasteiger partial charge on any atom is 0.306 e. The molecule has 3 N–H and O–H groups in total. The van der Waals surface area contributed by atoms with E-state index in [-0.39, 0.29) is 0 Å². The first-order chi connectivity index (χ1) is 9.11. The molecule has 19 heavy (non-hydrogen) atoms. The number of aliphatic carboxylic acids is 1. The van der Waals surface area contributed by atoms with E-state index >= 15 is 0 Å².